The Hall–Kier alpha value is -2.08. The van der Waals surface area contributed by atoms with Crippen LogP contribution in [0.3, 0.4) is 0 Å². The molecule has 0 spiro atoms. The Morgan fingerprint density at radius 1 is 1.04 bits per heavy atom. The fourth-order valence-corrected chi connectivity index (χ4v) is 2.08. The van der Waals surface area contributed by atoms with Gasteiger partial charge < -0.3 is 0 Å². The molecule has 0 aromatic heterocycles. The quantitative estimate of drug-likeness (QED) is 0.461. The predicted molar refractivity (Wildman–Crippen MR) is 108 cm³/mol. The van der Waals surface area contributed by atoms with Crippen LogP contribution < -0.4 is 0 Å². The van der Waals surface area contributed by atoms with Crippen molar-refractivity contribution < 1.29 is 0 Å². The molecule has 0 saturated carbocycles. The third-order valence-electron chi connectivity index (χ3n) is 3.74. The number of aryl methyl sites for hydroxylation is 2. The molecule has 0 unspecified atom stereocenters. The van der Waals surface area contributed by atoms with Crippen molar-refractivity contribution in [2.24, 2.45) is 0 Å². The Morgan fingerprint density at radius 3 is 2.22 bits per heavy atom. The maximum Gasteiger partial charge on any atom is -0.0227 e. The molecular formula is C23H32. The van der Waals surface area contributed by atoms with E-state index in [-0.39, 0.29) is 0 Å². The van der Waals surface area contributed by atoms with Gasteiger partial charge in [-0.15, -0.1) is 0 Å². The van der Waals surface area contributed by atoms with Gasteiger partial charge in [-0.2, -0.15) is 0 Å². The normalized spacial score (nSPS) is 10.9. The van der Waals surface area contributed by atoms with E-state index in [1.807, 2.05) is 45.1 Å². The van der Waals surface area contributed by atoms with Crippen LogP contribution in [0, 0.1) is 13.8 Å². The first-order chi connectivity index (χ1) is 11.0. The number of benzene rings is 1. The summed E-state index contributed by atoms with van der Waals surface area (Å²) in [5.74, 6) is 0. The van der Waals surface area contributed by atoms with E-state index in [4.69, 9.17) is 0 Å². The third kappa shape index (κ3) is 7.15. The van der Waals surface area contributed by atoms with Crippen LogP contribution in [0.1, 0.15) is 50.3 Å². The van der Waals surface area contributed by atoms with Gasteiger partial charge in [0.15, 0.2) is 0 Å². The Bertz CT molecular complexity index is 594. The number of rotatable bonds is 7. The van der Waals surface area contributed by atoms with E-state index in [0.29, 0.717) is 0 Å². The topological polar surface area (TPSA) is 0 Å². The standard InChI is InChI=1S/C21H26.C2H6/c1-7-9-10-20(8-2)17(4)11-12-18(5)21-14-13-16(3)19(6)15-21;1-2/h7-10,13-15H,2,4-5,11-12H2,1,3,6H3;1-2H3/b9-7-,20-10+;. The van der Waals surface area contributed by atoms with Crippen molar-refractivity contribution in [1.29, 1.82) is 0 Å². The van der Waals surface area contributed by atoms with Gasteiger partial charge in [0.05, 0.1) is 0 Å². The Balaban J connectivity index is 0.00000232. The molecule has 0 amide bonds. The average Bonchev–Trinajstić information content (AvgIpc) is 2.57. The molecule has 0 heterocycles. The average molecular weight is 309 g/mol. The van der Waals surface area contributed by atoms with Gasteiger partial charge in [0, 0.05) is 0 Å². The molecule has 1 aromatic carbocycles. The van der Waals surface area contributed by atoms with Gasteiger partial charge in [-0.1, -0.05) is 76.1 Å². The first kappa shape index (κ1) is 20.9. The van der Waals surface area contributed by atoms with Crippen LogP contribution >= 0.6 is 0 Å². The Labute approximate surface area is 143 Å². The van der Waals surface area contributed by atoms with Crippen molar-refractivity contribution in [2.45, 2.75) is 47.5 Å². The fourth-order valence-electron chi connectivity index (χ4n) is 2.08. The number of hydrogen-bond donors (Lipinski definition) is 0. The van der Waals surface area contributed by atoms with E-state index >= 15 is 0 Å². The van der Waals surface area contributed by atoms with Crippen LogP contribution in [0.15, 0.2) is 73.4 Å². The van der Waals surface area contributed by atoms with Crippen LogP contribution in [0.25, 0.3) is 5.57 Å². The highest BCUT2D eigenvalue weighted by atomic mass is 14.1. The minimum Gasteiger partial charge on any atom is -0.0985 e. The van der Waals surface area contributed by atoms with E-state index in [1.165, 1.54) is 16.7 Å². The van der Waals surface area contributed by atoms with Crippen LogP contribution in [0.2, 0.25) is 0 Å². The summed E-state index contributed by atoms with van der Waals surface area (Å²) >= 11 is 0. The molecule has 0 heteroatoms. The lowest BCUT2D eigenvalue weighted by Gasteiger charge is -2.10. The second kappa shape index (κ2) is 11.5. The van der Waals surface area contributed by atoms with Crippen molar-refractivity contribution in [3.63, 3.8) is 0 Å². The highest BCUT2D eigenvalue weighted by molar-refractivity contribution is 5.65. The van der Waals surface area contributed by atoms with E-state index in [9.17, 15) is 0 Å². The summed E-state index contributed by atoms with van der Waals surface area (Å²) in [4.78, 5) is 0. The zero-order valence-corrected chi connectivity index (χ0v) is 15.6. The van der Waals surface area contributed by atoms with Gasteiger partial charge in [0.2, 0.25) is 0 Å². The summed E-state index contributed by atoms with van der Waals surface area (Å²) in [6, 6.07) is 6.52. The molecule has 0 aliphatic carbocycles. The lowest BCUT2D eigenvalue weighted by Crippen LogP contribution is -1.90. The highest BCUT2D eigenvalue weighted by Crippen LogP contribution is 2.24. The van der Waals surface area contributed by atoms with Gasteiger partial charge in [0.1, 0.15) is 0 Å². The second-order valence-corrected chi connectivity index (χ2v) is 5.36. The largest absolute Gasteiger partial charge is 0.0985 e. The summed E-state index contributed by atoms with van der Waals surface area (Å²) < 4.78 is 0. The maximum absolute atomic E-state index is 4.21. The molecule has 124 valence electrons. The highest BCUT2D eigenvalue weighted by Gasteiger charge is 2.04. The van der Waals surface area contributed by atoms with Crippen molar-refractivity contribution >= 4 is 5.57 Å². The first-order valence-electron chi connectivity index (χ1n) is 8.38. The molecule has 0 atom stereocenters. The van der Waals surface area contributed by atoms with Gasteiger partial charge in [-0.05, 0) is 67.0 Å². The zero-order valence-electron chi connectivity index (χ0n) is 15.6. The van der Waals surface area contributed by atoms with Crippen molar-refractivity contribution in [1.82, 2.24) is 0 Å². The molecule has 23 heavy (non-hydrogen) atoms. The molecule has 0 saturated heterocycles. The van der Waals surface area contributed by atoms with Crippen LogP contribution in [-0.2, 0) is 0 Å². The van der Waals surface area contributed by atoms with Crippen LogP contribution in [-0.4, -0.2) is 0 Å². The molecule has 0 aliphatic rings. The van der Waals surface area contributed by atoms with Gasteiger partial charge in [0.25, 0.3) is 0 Å². The van der Waals surface area contributed by atoms with E-state index < -0.39 is 0 Å². The van der Waals surface area contributed by atoms with Crippen molar-refractivity contribution in [3.8, 4) is 0 Å². The monoisotopic (exact) mass is 308 g/mol. The Morgan fingerprint density at radius 2 is 1.70 bits per heavy atom. The molecule has 0 bridgehead atoms. The SMILES string of the molecule is C=C/C(=C\C=C/C)C(=C)CCC(=C)c1ccc(C)c(C)c1.CC. The molecule has 0 N–H and O–H groups in total. The molecule has 0 fully saturated rings. The van der Waals surface area contributed by atoms with Crippen LogP contribution in [0.5, 0.6) is 0 Å². The predicted octanol–water partition coefficient (Wildman–Crippen LogP) is 7.37. The third-order valence-corrected chi connectivity index (χ3v) is 3.74. The molecular weight excluding hydrogens is 276 g/mol. The summed E-state index contributed by atoms with van der Waals surface area (Å²) in [5, 5.41) is 0. The molecule has 1 aromatic rings. The minimum atomic E-state index is 0.904. The molecule has 1 rings (SSSR count). The first-order valence-corrected chi connectivity index (χ1v) is 8.38. The van der Waals surface area contributed by atoms with E-state index in [1.54, 1.807) is 0 Å². The van der Waals surface area contributed by atoms with E-state index in [0.717, 1.165) is 29.6 Å². The van der Waals surface area contributed by atoms with Gasteiger partial charge in [-0.25, -0.2) is 0 Å². The van der Waals surface area contributed by atoms with Crippen molar-refractivity contribution in [2.75, 3.05) is 0 Å². The van der Waals surface area contributed by atoms with E-state index in [2.05, 4.69) is 51.8 Å². The molecule has 0 radical (unpaired) electrons. The lowest BCUT2D eigenvalue weighted by molar-refractivity contribution is 1.02. The second-order valence-electron chi connectivity index (χ2n) is 5.36. The summed E-state index contributed by atoms with van der Waals surface area (Å²) in [5.41, 5.74) is 7.22. The minimum absolute atomic E-state index is 0.904. The summed E-state index contributed by atoms with van der Waals surface area (Å²) in [6.45, 7) is 22.5. The smallest absolute Gasteiger partial charge is 0.0227 e. The van der Waals surface area contributed by atoms with Gasteiger partial charge in [-0.3, -0.25) is 0 Å². The Kier molecular flexibility index (Phi) is 10.4. The van der Waals surface area contributed by atoms with Crippen molar-refractivity contribution in [3.05, 3.63) is 90.1 Å². The number of hydrogen-bond acceptors (Lipinski definition) is 0. The number of allylic oxidation sites excluding steroid dienone is 7. The maximum atomic E-state index is 4.21. The molecule has 0 aliphatic heterocycles. The van der Waals surface area contributed by atoms with Crippen LogP contribution in [0.4, 0.5) is 0 Å². The molecule has 0 nitrogen and oxygen atoms in total. The zero-order chi connectivity index (χ0) is 17.8. The summed E-state index contributed by atoms with van der Waals surface area (Å²) in [7, 11) is 0. The summed E-state index contributed by atoms with van der Waals surface area (Å²) in [6.07, 6.45) is 9.75. The van der Waals surface area contributed by atoms with Gasteiger partial charge >= 0.3 is 0 Å². The lowest BCUT2D eigenvalue weighted by atomic mass is 9.95. The fraction of sp³-hybridized carbons (Fsp3) is 0.304.